The second-order valence-corrected chi connectivity index (χ2v) is 6.37. The lowest BCUT2D eigenvalue weighted by molar-refractivity contribution is -0.149. The molecule has 1 aliphatic rings. The van der Waals surface area contributed by atoms with Crippen LogP contribution in [-0.4, -0.2) is 17.0 Å². The number of hydrogen-bond acceptors (Lipinski definition) is 3. The Labute approximate surface area is 146 Å². The number of hydrogen-bond donors (Lipinski definition) is 2. The first-order valence-electron chi connectivity index (χ1n) is 8.31. The van der Waals surface area contributed by atoms with Gasteiger partial charge in [0, 0.05) is 6.54 Å². The van der Waals surface area contributed by atoms with Crippen LogP contribution in [0.15, 0.2) is 54.6 Å². The predicted molar refractivity (Wildman–Crippen MR) is 92.5 cm³/mol. The molecule has 1 saturated carbocycles. The largest absolute Gasteiger partial charge is 0.480 e. The summed E-state index contributed by atoms with van der Waals surface area (Å²) >= 11 is 0. The van der Waals surface area contributed by atoms with E-state index in [0.29, 0.717) is 32.6 Å². The van der Waals surface area contributed by atoms with Crippen molar-refractivity contribution >= 4 is 11.9 Å². The third-order valence-corrected chi connectivity index (χ3v) is 4.42. The van der Waals surface area contributed by atoms with E-state index < -0.39 is 17.3 Å². The molecule has 0 atom stereocenters. The van der Waals surface area contributed by atoms with Gasteiger partial charge in [-0.15, -0.1) is 0 Å². The van der Waals surface area contributed by atoms with Crippen molar-refractivity contribution in [1.82, 2.24) is 5.32 Å². The molecule has 0 aromatic heterocycles. The maximum absolute atomic E-state index is 12.0. The van der Waals surface area contributed by atoms with E-state index in [-0.39, 0.29) is 0 Å². The maximum Gasteiger partial charge on any atom is 0.319 e. The van der Waals surface area contributed by atoms with E-state index in [9.17, 15) is 9.59 Å². The molecule has 0 radical (unpaired) electrons. The molecule has 0 heterocycles. The molecule has 0 bridgehead atoms. The average molecular weight is 339 g/mol. The number of amides is 1. The first-order valence-corrected chi connectivity index (χ1v) is 8.31. The molecule has 1 aliphatic carbocycles. The van der Waals surface area contributed by atoms with Gasteiger partial charge in [-0.05, 0) is 29.5 Å². The monoisotopic (exact) mass is 339 g/mol. The molecule has 0 saturated heterocycles. The Hall–Kier alpha value is -2.66. The number of carbonyl (C=O) groups excluding carboxylic acids is 1. The molecule has 0 aliphatic heterocycles. The van der Waals surface area contributed by atoms with Gasteiger partial charge in [0.1, 0.15) is 5.41 Å². The molecule has 0 unspecified atom stereocenters. The Kier molecular flexibility index (Phi) is 5.14. The third-order valence-electron chi connectivity index (χ3n) is 4.42. The quantitative estimate of drug-likeness (QED) is 0.725. The van der Waals surface area contributed by atoms with Gasteiger partial charge in [0.15, 0.2) is 0 Å². The smallest absolute Gasteiger partial charge is 0.319 e. The normalized spacial score (nSPS) is 14.7. The van der Waals surface area contributed by atoms with Crippen molar-refractivity contribution in [3.05, 3.63) is 71.3 Å². The van der Waals surface area contributed by atoms with E-state index in [4.69, 9.17) is 9.84 Å². The lowest BCUT2D eigenvalue weighted by Crippen LogP contribution is -2.36. The van der Waals surface area contributed by atoms with Crippen molar-refractivity contribution in [2.24, 2.45) is 5.41 Å². The Morgan fingerprint density at radius 2 is 1.60 bits per heavy atom. The van der Waals surface area contributed by atoms with Crippen LogP contribution in [0, 0.1) is 5.41 Å². The Morgan fingerprint density at radius 3 is 2.28 bits per heavy atom. The SMILES string of the molecule is O=C(O)C1(C(=O)NCc2cccc(COCc3ccccc3)c2)CC1. The summed E-state index contributed by atoms with van der Waals surface area (Å²) in [6.07, 6.45) is 0.836. The van der Waals surface area contributed by atoms with E-state index >= 15 is 0 Å². The molecule has 2 N–H and O–H groups in total. The summed E-state index contributed by atoms with van der Waals surface area (Å²) in [6.45, 7) is 1.35. The standard InChI is InChI=1S/C20H21NO4/c22-18(20(9-10-20)19(23)24)21-12-16-7-4-8-17(11-16)14-25-13-15-5-2-1-3-6-15/h1-8,11H,9-10,12-14H2,(H,21,22)(H,23,24). The lowest BCUT2D eigenvalue weighted by Gasteiger charge is -2.11. The average Bonchev–Trinajstić information content (AvgIpc) is 3.43. The molecule has 130 valence electrons. The Bertz CT molecular complexity index is 753. The Morgan fingerprint density at radius 1 is 0.960 bits per heavy atom. The molecule has 1 amide bonds. The molecule has 3 rings (SSSR count). The van der Waals surface area contributed by atoms with Gasteiger partial charge in [0.25, 0.3) is 0 Å². The summed E-state index contributed by atoms with van der Waals surface area (Å²) < 4.78 is 5.72. The van der Waals surface area contributed by atoms with Crippen LogP contribution in [0.5, 0.6) is 0 Å². The van der Waals surface area contributed by atoms with Gasteiger partial charge in [-0.2, -0.15) is 0 Å². The summed E-state index contributed by atoms with van der Waals surface area (Å²) in [5, 5.41) is 11.9. The summed E-state index contributed by atoms with van der Waals surface area (Å²) in [6, 6.07) is 17.7. The number of benzene rings is 2. The number of nitrogens with one attached hydrogen (secondary N) is 1. The molecule has 2 aromatic carbocycles. The van der Waals surface area contributed by atoms with Crippen molar-refractivity contribution in [3.63, 3.8) is 0 Å². The van der Waals surface area contributed by atoms with Gasteiger partial charge in [-0.3, -0.25) is 9.59 Å². The van der Waals surface area contributed by atoms with Crippen molar-refractivity contribution < 1.29 is 19.4 Å². The van der Waals surface area contributed by atoms with Crippen molar-refractivity contribution in [2.45, 2.75) is 32.6 Å². The molecule has 0 spiro atoms. The lowest BCUT2D eigenvalue weighted by atomic mass is 10.1. The van der Waals surface area contributed by atoms with Gasteiger partial charge in [0.05, 0.1) is 13.2 Å². The van der Waals surface area contributed by atoms with Gasteiger partial charge in [-0.25, -0.2) is 0 Å². The highest BCUT2D eigenvalue weighted by Crippen LogP contribution is 2.46. The Balaban J connectivity index is 1.50. The van der Waals surface area contributed by atoms with Crippen LogP contribution in [0.1, 0.15) is 29.5 Å². The fraction of sp³-hybridized carbons (Fsp3) is 0.300. The van der Waals surface area contributed by atoms with Crippen LogP contribution < -0.4 is 5.32 Å². The first-order chi connectivity index (χ1) is 12.1. The minimum Gasteiger partial charge on any atom is -0.480 e. The van der Waals surface area contributed by atoms with Gasteiger partial charge >= 0.3 is 5.97 Å². The van der Waals surface area contributed by atoms with Crippen LogP contribution >= 0.6 is 0 Å². The summed E-state index contributed by atoms with van der Waals surface area (Å²) in [5.41, 5.74) is 1.86. The number of rotatable bonds is 8. The number of carboxylic acid groups (broad SMARTS) is 1. The molecular formula is C20H21NO4. The van der Waals surface area contributed by atoms with Crippen LogP contribution in [0.4, 0.5) is 0 Å². The molecule has 5 nitrogen and oxygen atoms in total. The maximum atomic E-state index is 12.0. The number of aliphatic carboxylic acids is 1. The first kappa shape index (κ1) is 17.2. The molecule has 2 aromatic rings. The van der Waals surface area contributed by atoms with E-state index in [1.54, 1.807) is 0 Å². The summed E-state index contributed by atoms with van der Waals surface area (Å²) in [4.78, 5) is 23.2. The van der Waals surface area contributed by atoms with Gasteiger partial charge in [0.2, 0.25) is 5.91 Å². The minimum atomic E-state index is -1.20. The van der Waals surface area contributed by atoms with Gasteiger partial charge in [-0.1, -0.05) is 54.6 Å². The minimum absolute atomic E-state index is 0.320. The van der Waals surface area contributed by atoms with E-state index in [2.05, 4.69) is 5.32 Å². The van der Waals surface area contributed by atoms with Crippen LogP contribution in [-0.2, 0) is 34.1 Å². The van der Waals surface area contributed by atoms with Crippen LogP contribution in [0.25, 0.3) is 0 Å². The van der Waals surface area contributed by atoms with Crippen LogP contribution in [0.2, 0.25) is 0 Å². The summed E-state index contributed by atoms with van der Waals surface area (Å²) in [5.74, 6) is -1.43. The predicted octanol–water partition coefficient (Wildman–Crippen LogP) is 2.88. The number of carbonyl (C=O) groups is 2. The topological polar surface area (TPSA) is 75.6 Å². The number of carboxylic acids is 1. The van der Waals surface area contributed by atoms with Crippen LogP contribution in [0.3, 0.4) is 0 Å². The zero-order valence-electron chi connectivity index (χ0n) is 13.9. The van der Waals surface area contributed by atoms with Crippen molar-refractivity contribution in [1.29, 1.82) is 0 Å². The highest BCUT2D eigenvalue weighted by molar-refractivity contribution is 6.04. The third kappa shape index (κ3) is 4.25. The zero-order valence-corrected chi connectivity index (χ0v) is 13.9. The van der Waals surface area contributed by atoms with E-state index in [0.717, 1.165) is 16.7 Å². The highest BCUT2D eigenvalue weighted by Gasteiger charge is 2.56. The zero-order chi connectivity index (χ0) is 17.7. The molecule has 25 heavy (non-hydrogen) atoms. The molecule has 5 heteroatoms. The fourth-order valence-corrected chi connectivity index (χ4v) is 2.70. The van der Waals surface area contributed by atoms with Crippen molar-refractivity contribution in [3.8, 4) is 0 Å². The van der Waals surface area contributed by atoms with E-state index in [1.807, 2.05) is 54.6 Å². The second kappa shape index (κ2) is 7.49. The molecular weight excluding hydrogens is 318 g/mol. The summed E-state index contributed by atoms with van der Waals surface area (Å²) in [7, 11) is 0. The molecule has 1 fully saturated rings. The number of ether oxygens (including phenoxy) is 1. The van der Waals surface area contributed by atoms with E-state index in [1.165, 1.54) is 0 Å². The van der Waals surface area contributed by atoms with Gasteiger partial charge < -0.3 is 15.2 Å². The fourth-order valence-electron chi connectivity index (χ4n) is 2.70. The van der Waals surface area contributed by atoms with Crippen molar-refractivity contribution in [2.75, 3.05) is 0 Å². The second-order valence-electron chi connectivity index (χ2n) is 6.37. The highest BCUT2D eigenvalue weighted by atomic mass is 16.5.